The second-order valence-corrected chi connectivity index (χ2v) is 10.7. The third-order valence-corrected chi connectivity index (χ3v) is 8.06. The van der Waals surface area contributed by atoms with Gasteiger partial charge in [0.25, 0.3) is 10.0 Å². The molecule has 0 unspecified atom stereocenters. The van der Waals surface area contributed by atoms with Crippen molar-refractivity contribution in [3.05, 3.63) is 53.6 Å². The molecule has 0 spiro atoms. The topological polar surface area (TPSA) is 86.8 Å². The third kappa shape index (κ3) is 5.60. The lowest BCUT2D eigenvalue weighted by atomic mass is 10.2. The lowest BCUT2D eigenvalue weighted by Gasteiger charge is -2.21. The molecule has 7 nitrogen and oxygen atoms in total. The first-order valence-corrected chi connectivity index (χ1v) is 13.7. The first-order valence-electron chi connectivity index (χ1n) is 12.2. The van der Waals surface area contributed by atoms with Crippen molar-refractivity contribution in [2.45, 2.75) is 63.2 Å². The number of nitrogens with one attached hydrogen (secondary N) is 1. The van der Waals surface area contributed by atoms with Crippen molar-refractivity contribution in [2.75, 3.05) is 29.3 Å². The second kappa shape index (κ2) is 10.6. The molecule has 182 valence electrons. The Morgan fingerprint density at radius 3 is 2.24 bits per heavy atom. The number of amides is 2. The Kier molecular flexibility index (Phi) is 7.56. The number of hydrogen-bond acceptors (Lipinski definition) is 4. The van der Waals surface area contributed by atoms with Crippen molar-refractivity contribution in [3.8, 4) is 0 Å². The van der Waals surface area contributed by atoms with Crippen LogP contribution in [0.25, 0.3) is 0 Å². The molecule has 2 aromatic rings. The molecular weight excluding hydrogens is 450 g/mol. The molecule has 2 aliphatic heterocycles. The number of fused-ring (bicyclic) bond motifs is 1. The molecule has 4 rings (SSSR count). The van der Waals surface area contributed by atoms with E-state index in [0.717, 1.165) is 62.0 Å². The fourth-order valence-corrected chi connectivity index (χ4v) is 5.76. The second-order valence-electron chi connectivity index (χ2n) is 9.04. The van der Waals surface area contributed by atoms with Crippen molar-refractivity contribution in [3.63, 3.8) is 0 Å². The molecule has 2 aliphatic rings. The molecule has 0 radical (unpaired) electrons. The van der Waals surface area contributed by atoms with Crippen LogP contribution in [-0.4, -0.2) is 44.8 Å². The minimum absolute atomic E-state index is 0.0501. The molecular formula is C26H33N3O4S. The summed E-state index contributed by atoms with van der Waals surface area (Å²) in [6, 6.07) is 12.2. The van der Waals surface area contributed by atoms with Crippen LogP contribution in [0.5, 0.6) is 0 Å². The highest BCUT2D eigenvalue weighted by Crippen LogP contribution is 2.31. The number of carbonyl (C=O) groups excluding carboxylic acids is 2. The van der Waals surface area contributed by atoms with Gasteiger partial charge < -0.3 is 9.80 Å². The first-order chi connectivity index (χ1) is 16.4. The summed E-state index contributed by atoms with van der Waals surface area (Å²) in [5.41, 5.74) is 3.22. The highest BCUT2D eigenvalue weighted by Gasteiger charge is 2.27. The van der Waals surface area contributed by atoms with E-state index in [-0.39, 0.29) is 29.6 Å². The Bertz CT molecular complexity index is 1140. The highest BCUT2D eigenvalue weighted by molar-refractivity contribution is 7.92. The Labute approximate surface area is 202 Å². The Morgan fingerprint density at radius 1 is 0.882 bits per heavy atom. The minimum atomic E-state index is -3.73. The summed E-state index contributed by atoms with van der Waals surface area (Å²) >= 11 is 0. The average Bonchev–Trinajstić information content (AvgIpc) is 3.07. The van der Waals surface area contributed by atoms with Gasteiger partial charge in [-0.25, -0.2) is 8.42 Å². The summed E-state index contributed by atoms with van der Waals surface area (Å²) in [4.78, 5) is 29.1. The van der Waals surface area contributed by atoms with Gasteiger partial charge in [-0.15, -0.1) is 0 Å². The molecule has 1 fully saturated rings. The molecule has 1 saturated heterocycles. The van der Waals surface area contributed by atoms with Crippen molar-refractivity contribution < 1.29 is 18.0 Å². The molecule has 8 heteroatoms. The van der Waals surface area contributed by atoms with Gasteiger partial charge in [0.2, 0.25) is 11.8 Å². The summed E-state index contributed by atoms with van der Waals surface area (Å²) in [5, 5.41) is 0. The summed E-state index contributed by atoms with van der Waals surface area (Å²) in [6.07, 6.45) is 6.25. The highest BCUT2D eigenvalue weighted by atomic mass is 32.2. The SMILES string of the molecule is CCc1ccc(NS(=O)(=O)c2ccc3c(c2)CCN3C(=O)CCC(=O)N2CCCCCC2)cc1. The smallest absolute Gasteiger partial charge is 0.261 e. The number of nitrogens with zero attached hydrogens (tertiary/aromatic N) is 2. The van der Waals surface area contributed by atoms with Crippen LogP contribution >= 0.6 is 0 Å². The molecule has 2 aromatic carbocycles. The number of sulfonamides is 1. The number of rotatable bonds is 7. The van der Waals surface area contributed by atoms with Gasteiger partial charge >= 0.3 is 0 Å². The maximum atomic E-state index is 12.9. The number of anilines is 2. The molecule has 0 aromatic heterocycles. The molecule has 0 bridgehead atoms. The molecule has 0 atom stereocenters. The van der Waals surface area contributed by atoms with E-state index >= 15 is 0 Å². The summed E-state index contributed by atoms with van der Waals surface area (Å²) in [5.74, 6) is -0.0409. The van der Waals surface area contributed by atoms with Crippen molar-refractivity contribution in [2.24, 2.45) is 0 Å². The van der Waals surface area contributed by atoms with Gasteiger partial charge in [-0.05, 0) is 67.1 Å². The Hall–Kier alpha value is -2.87. The van der Waals surface area contributed by atoms with E-state index in [2.05, 4.69) is 4.72 Å². The first kappa shape index (κ1) is 24.3. The number of aryl methyl sites for hydroxylation is 1. The summed E-state index contributed by atoms with van der Waals surface area (Å²) < 4.78 is 28.4. The standard InChI is InChI=1S/C26H33N3O4S/c1-2-20-7-9-22(10-8-20)27-34(32,33)23-11-12-24-21(19-23)15-18-29(24)26(31)14-13-25(30)28-16-5-3-4-6-17-28/h7-12,19,27H,2-6,13-18H2,1H3. The zero-order valence-corrected chi connectivity index (χ0v) is 20.6. The van der Waals surface area contributed by atoms with E-state index in [4.69, 9.17) is 0 Å². The van der Waals surface area contributed by atoms with Gasteiger partial charge in [-0.1, -0.05) is 31.9 Å². The van der Waals surface area contributed by atoms with Gasteiger partial charge in [0, 0.05) is 43.9 Å². The monoisotopic (exact) mass is 483 g/mol. The van der Waals surface area contributed by atoms with Crippen LogP contribution in [0.4, 0.5) is 11.4 Å². The predicted molar refractivity (Wildman–Crippen MR) is 133 cm³/mol. The van der Waals surface area contributed by atoms with Gasteiger partial charge in [0.15, 0.2) is 0 Å². The molecule has 0 aliphatic carbocycles. The van der Waals surface area contributed by atoms with Crippen molar-refractivity contribution >= 4 is 33.2 Å². The molecule has 2 heterocycles. The molecule has 0 saturated carbocycles. The zero-order chi connectivity index (χ0) is 24.1. The molecule has 34 heavy (non-hydrogen) atoms. The van der Waals surface area contributed by atoms with Crippen molar-refractivity contribution in [1.29, 1.82) is 0 Å². The van der Waals surface area contributed by atoms with Crippen LogP contribution in [0.1, 0.15) is 56.6 Å². The minimum Gasteiger partial charge on any atom is -0.343 e. The van der Waals surface area contributed by atoms with Gasteiger partial charge in [-0.2, -0.15) is 0 Å². The quantitative estimate of drug-likeness (QED) is 0.642. The number of benzene rings is 2. The van der Waals surface area contributed by atoms with Gasteiger partial charge in [0.05, 0.1) is 4.90 Å². The fourth-order valence-electron chi connectivity index (χ4n) is 4.65. The lowest BCUT2D eigenvalue weighted by molar-refractivity contribution is -0.133. The van der Waals surface area contributed by atoms with Crippen LogP contribution in [0.3, 0.4) is 0 Å². The summed E-state index contributed by atoms with van der Waals surface area (Å²) in [6.45, 7) is 4.12. The number of hydrogen-bond donors (Lipinski definition) is 1. The van der Waals surface area contributed by atoms with Crippen molar-refractivity contribution in [1.82, 2.24) is 4.90 Å². The third-order valence-electron chi connectivity index (χ3n) is 6.68. The van der Waals surface area contributed by atoms with E-state index in [1.165, 1.54) is 6.07 Å². The van der Waals surface area contributed by atoms with E-state index in [1.807, 2.05) is 24.0 Å². The Balaban J connectivity index is 1.39. The molecule has 2 amide bonds. The summed E-state index contributed by atoms with van der Waals surface area (Å²) in [7, 11) is -3.73. The van der Waals surface area contributed by atoms with Crippen LogP contribution in [-0.2, 0) is 32.5 Å². The Morgan fingerprint density at radius 2 is 1.56 bits per heavy atom. The zero-order valence-electron chi connectivity index (χ0n) is 19.8. The van der Waals surface area contributed by atoms with Crippen LogP contribution in [0, 0.1) is 0 Å². The van der Waals surface area contributed by atoms with Crippen LogP contribution in [0.2, 0.25) is 0 Å². The molecule has 1 N–H and O–H groups in total. The normalized spacial score (nSPS) is 16.1. The lowest BCUT2D eigenvalue weighted by Crippen LogP contribution is -2.34. The predicted octanol–water partition coefficient (Wildman–Crippen LogP) is 4.12. The number of carbonyl (C=O) groups is 2. The van der Waals surface area contributed by atoms with E-state index < -0.39 is 10.0 Å². The van der Waals surface area contributed by atoms with E-state index in [9.17, 15) is 18.0 Å². The maximum absolute atomic E-state index is 12.9. The van der Waals surface area contributed by atoms with E-state index in [1.54, 1.807) is 29.2 Å². The van der Waals surface area contributed by atoms with E-state index in [0.29, 0.717) is 18.7 Å². The largest absolute Gasteiger partial charge is 0.343 e. The van der Waals surface area contributed by atoms with Crippen LogP contribution < -0.4 is 9.62 Å². The maximum Gasteiger partial charge on any atom is 0.261 e. The number of likely N-dealkylation sites (tertiary alicyclic amines) is 1. The average molecular weight is 484 g/mol. The van der Waals surface area contributed by atoms with Gasteiger partial charge in [0.1, 0.15) is 0 Å². The van der Waals surface area contributed by atoms with Gasteiger partial charge in [-0.3, -0.25) is 14.3 Å². The van der Waals surface area contributed by atoms with Crippen LogP contribution in [0.15, 0.2) is 47.4 Å². The fraction of sp³-hybridized carbons (Fsp3) is 0.462.